The van der Waals surface area contributed by atoms with Gasteiger partial charge in [0.2, 0.25) is 0 Å². The first kappa shape index (κ1) is 19.5. The zero-order valence-corrected chi connectivity index (χ0v) is 17.3. The van der Waals surface area contributed by atoms with Crippen LogP contribution in [0.1, 0.15) is 25.7 Å². The van der Waals surface area contributed by atoms with Gasteiger partial charge in [-0.3, -0.25) is 0 Å². The first-order chi connectivity index (χ1) is 8.64. The first-order valence-corrected chi connectivity index (χ1v) is 16.3. The van der Waals surface area contributed by atoms with E-state index in [2.05, 4.69) is 39.3 Å². The van der Waals surface area contributed by atoms with E-state index in [1.807, 2.05) is 0 Å². The minimum Gasteiger partial charge on any atom is -0.398 e. The van der Waals surface area contributed by atoms with Crippen molar-refractivity contribution in [3.05, 3.63) is 0 Å². The quantitative estimate of drug-likeness (QED) is 0.361. The summed E-state index contributed by atoms with van der Waals surface area (Å²) < 4.78 is 12.5. The average Bonchev–Trinajstić information content (AvgIpc) is 2.18. The number of rotatable bonds is 11. The van der Waals surface area contributed by atoms with Crippen molar-refractivity contribution in [1.82, 2.24) is 0 Å². The predicted molar refractivity (Wildman–Crippen MR) is 93.5 cm³/mol. The second-order valence-electron chi connectivity index (χ2n) is 7.24. The van der Waals surface area contributed by atoms with Crippen LogP contribution in [-0.4, -0.2) is 38.6 Å². The molecule has 0 radical (unpaired) electrons. The van der Waals surface area contributed by atoms with Gasteiger partial charge in [-0.15, -0.1) is 0 Å². The van der Waals surface area contributed by atoms with Crippen molar-refractivity contribution in [2.24, 2.45) is 5.73 Å². The van der Waals surface area contributed by atoms with E-state index in [1.165, 1.54) is 31.7 Å². The van der Waals surface area contributed by atoms with Crippen LogP contribution in [0.4, 0.5) is 0 Å². The summed E-state index contributed by atoms with van der Waals surface area (Å²) in [6, 6.07) is 1.34. The number of hydrogen-bond donors (Lipinski definition) is 1. The van der Waals surface area contributed by atoms with Crippen molar-refractivity contribution in [2.45, 2.75) is 76.9 Å². The van der Waals surface area contributed by atoms with Gasteiger partial charge in [0.1, 0.15) is 5.91 Å². The molecular formula is C13H35NO2Si3. The Labute approximate surface area is 124 Å². The molecule has 19 heavy (non-hydrogen) atoms. The third kappa shape index (κ3) is 14.7. The molecule has 0 bridgehead atoms. The smallest absolute Gasteiger partial charge is 0.186 e. The lowest BCUT2D eigenvalue weighted by Gasteiger charge is -2.31. The zero-order valence-electron chi connectivity index (χ0n) is 13.9. The highest BCUT2D eigenvalue weighted by Gasteiger charge is 2.26. The van der Waals surface area contributed by atoms with Gasteiger partial charge in [0, 0.05) is 0 Å². The summed E-state index contributed by atoms with van der Waals surface area (Å²) in [7, 11) is -3.25. The Balaban J connectivity index is 3.99. The summed E-state index contributed by atoms with van der Waals surface area (Å²) in [5.74, 6) is 0.160. The van der Waals surface area contributed by atoms with Crippen molar-refractivity contribution < 1.29 is 8.85 Å². The third-order valence-electron chi connectivity index (χ3n) is 2.61. The van der Waals surface area contributed by atoms with Crippen LogP contribution >= 0.6 is 0 Å². The van der Waals surface area contributed by atoms with Gasteiger partial charge in [-0.1, -0.05) is 25.3 Å². The van der Waals surface area contributed by atoms with Crippen LogP contribution in [0.25, 0.3) is 0 Å². The topological polar surface area (TPSA) is 44.5 Å². The molecule has 6 heteroatoms. The summed E-state index contributed by atoms with van der Waals surface area (Å²) >= 11 is 0. The van der Waals surface area contributed by atoms with Crippen molar-refractivity contribution in [3.63, 3.8) is 0 Å². The summed E-state index contributed by atoms with van der Waals surface area (Å²) in [4.78, 5) is 0. The maximum atomic E-state index is 6.23. The molecule has 0 fully saturated rings. The molecule has 0 aliphatic rings. The van der Waals surface area contributed by atoms with Crippen LogP contribution < -0.4 is 5.73 Å². The van der Waals surface area contributed by atoms with Gasteiger partial charge in [-0.25, -0.2) is 0 Å². The molecule has 0 heterocycles. The standard InChI is InChI=1S/C13H35NO2Si3/c1-18(2,3)15-13(16-19(4,5)6)17-12-10-8-7-9-11-14/h13H,7-12,14,17H2,1-6H3. The molecule has 0 saturated carbocycles. The maximum absolute atomic E-state index is 6.23. The van der Waals surface area contributed by atoms with Gasteiger partial charge in [-0.2, -0.15) is 0 Å². The number of nitrogens with two attached hydrogens (primary N) is 1. The molecule has 0 saturated heterocycles. The van der Waals surface area contributed by atoms with Gasteiger partial charge >= 0.3 is 0 Å². The van der Waals surface area contributed by atoms with Gasteiger partial charge in [-0.05, 0) is 52.2 Å². The van der Waals surface area contributed by atoms with Gasteiger partial charge in [0.05, 0.1) is 9.52 Å². The molecule has 0 aromatic rings. The van der Waals surface area contributed by atoms with Crippen LogP contribution in [0.5, 0.6) is 0 Å². The minimum atomic E-state index is -1.49. The third-order valence-corrected chi connectivity index (χ3v) is 6.93. The number of hydrogen-bond acceptors (Lipinski definition) is 3. The van der Waals surface area contributed by atoms with E-state index in [0.29, 0.717) is 0 Å². The Bertz CT molecular complexity index is 211. The fourth-order valence-electron chi connectivity index (χ4n) is 1.92. The molecular weight excluding hydrogens is 286 g/mol. The van der Waals surface area contributed by atoms with E-state index in [0.717, 1.165) is 6.54 Å². The van der Waals surface area contributed by atoms with Crippen LogP contribution in [0.15, 0.2) is 0 Å². The Hall–Kier alpha value is 0.531. The van der Waals surface area contributed by atoms with E-state index in [-0.39, 0.29) is 15.4 Å². The Morgan fingerprint density at radius 2 is 1.32 bits per heavy atom. The SMILES string of the molecule is C[Si](C)(C)OC(O[Si](C)(C)C)[SiH2]CCCCCCN. The fourth-order valence-corrected chi connectivity index (χ4v) is 8.60. The Kier molecular flexibility index (Phi) is 9.73. The van der Waals surface area contributed by atoms with Crippen LogP contribution in [0, 0.1) is 0 Å². The zero-order chi connectivity index (χ0) is 14.9. The van der Waals surface area contributed by atoms with E-state index in [1.54, 1.807) is 0 Å². The van der Waals surface area contributed by atoms with E-state index in [4.69, 9.17) is 14.6 Å². The van der Waals surface area contributed by atoms with Gasteiger partial charge < -0.3 is 14.6 Å². The fraction of sp³-hybridized carbons (Fsp3) is 1.00. The molecule has 0 amide bonds. The van der Waals surface area contributed by atoms with Gasteiger partial charge in [0.25, 0.3) is 0 Å². The summed E-state index contributed by atoms with van der Waals surface area (Å²) in [6.07, 6.45) is 5.09. The molecule has 0 atom stereocenters. The molecule has 0 aliphatic carbocycles. The predicted octanol–water partition coefficient (Wildman–Crippen LogP) is 3.08. The highest BCUT2D eigenvalue weighted by molar-refractivity contribution is 6.71. The van der Waals surface area contributed by atoms with Crippen molar-refractivity contribution in [1.29, 1.82) is 0 Å². The lowest BCUT2D eigenvalue weighted by Crippen LogP contribution is -2.42. The molecule has 116 valence electrons. The largest absolute Gasteiger partial charge is 0.398 e. The van der Waals surface area contributed by atoms with Gasteiger partial charge in [0.15, 0.2) is 16.6 Å². The maximum Gasteiger partial charge on any atom is 0.186 e. The van der Waals surface area contributed by atoms with E-state index >= 15 is 0 Å². The molecule has 0 aromatic carbocycles. The lowest BCUT2D eigenvalue weighted by atomic mass is 10.2. The average molecular weight is 322 g/mol. The van der Waals surface area contributed by atoms with Crippen molar-refractivity contribution in [3.8, 4) is 0 Å². The molecule has 0 unspecified atom stereocenters. The second kappa shape index (κ2) is 9.46. The summed E-state index contributed by atoms with van der Waals surface area (Å²) in [5.41, 5.74) is 5.51. The van der Waals surface area contributed by atoms with Crippen LogP contribution in [-0.2, 0) is 8.85 Å². The van der Waals surface area contributed by atoms with Crippen molar-refractivity contribution >= 4 is 26.2 Å². The number of unbranched alkanes of at least 4 members (excludes halogenated alkanes) is 3. The second-order valence-corrected chi connectivity index (χ2v) is 18.1. The van der Waals surface area contributed by atoms with Crippen LogP contribution in [0.3, 0.4) is 0 Å². The molecule has 2 N–H and O–H groups in total. The molecule has 3 nitrogen and oxygen atoms in total. The molecule has 0 spiro atoms. The first-order valence-electron chi connectivity index (χ1n) is 7.70. The normalized spacial score (nSPS) is 13.9. The highest BCUT2D eigenvalue weighted by Crippen LogP contribution is 2.15. The Morgan fingerprint density at radius 1 is 0.842 bits per heavy atom. The monoisotopic (exact) mass is 321 g/mol. The highest BCUT2D eigenvalue weighted by atomic mass is 28.4. The molecule has 0 rings (SSSR count). The Morgan fingerprint density at radius 3 is 1.74 bits per heavy atom. The van der Waals surface area contributed by atoms with Crippen molar-refractivity contribution in [2.75, 3.05) is 6.54 Å². The minimum absolute atomic E-state index is 0.160. The lowest BCUT2D eigenvalue weighted by molar-refractivity contribution is 0.0604. The summed E-state index contributed by atoms with van der Waals surface area (Å²) in [6.45, 7) is 14.4. The summed E-state index contributed by atoms with van der Waals surface area (Å²) in [5, 5.41) is 0. The molecule has 0 aromatic heterocycles. The van der Waals surface area contributed by atoms with E-state index in [9.17, 15) is 0 Å². The molecule has 0 aliphatic heterocycles. The van der Waals surface area contributed by atoms with Crippen LogP contribution in [0.2, 0.25) is 45.3 Å². The van der Waals surface area contributed by atoms with E-state index < -0.39 is 16.6 Å².